The quantitative estimate of drug-likeness (QED) is 0.823. The Bertz CT molecular complexity index is 439. The Labute approximate surface area is 108 Å². The van der Waals surface area contributed by atoms with E-state index in [-0.39, 0.29) is 5.91 Å². The molecule has 0 spiro atoms. The van der Waals surface area contributed by atoms with Crippen LogP contribution in [0.3, 0.4) is 0 Å². The van der Waals surface area contributed by atoms with Gasteiger partial charge in [0.2, 0.25) is 5.91 Å². The summed E-state index contributed by atoms with van der Waals surface area (Å²) in [5.74, 6) is 0.0580. The summed E-state index contributed by atoms with van der Waals surface area (Å²) in [4.78, 5) is 14.0. The zero-order chi connectivity index (χ0) is 13.0. The molecular weight excluding hydrogens is 224 g/mol. The maximum Gasteiger partial charge on any atom is 0.240 e. The molecule has 0 saturated carbocycles. The summed E-state index contributed by atoms with van der Waals surface area (Å²) in [7, 11) is 0. The van der Waals surface area contributed by atoms with E-state index in [1.54, 1.807) is 0 Å². The lowest BCUT2D eigenvalue weighted by molar-refractivity contribution is -0.132. The highest BCUT2D eigenvalue weighted by Crippen LogP contribution is 2.11. The predicted molar refractivity (Wildman–Crippen MR) is 73.1 cm³/mol. The van der Waals surface area contributed by atoms with E-state index in [4.69, 9.17) is 5.73 Å². The van der Waals surface area contributed by atoms with Crippen molar-refractivity contribution in [3.8, 4) is 0 Å². The van der Waals surface area contributed by atoms with Gasteiger partial charge in [0.25, 0.3) is 0 Å². The van der Waals surface area contributed by atoms with Gasteiger partial charge in [0.05, 0.1) is 6.04 Å². The van der Waals surface area contributed by atoms with E-state index in [1.165, 1.54) is 5.57 Å². The van der Waals surface area contributed by atoms with E-state index in [1.807, 2.05) is 35.2 Å². The van der Waals surface area contributed by atoms with E-state index in [9.17, 15) is 4.79 Å². The van der Waals surface area contributed by atoms with Crippen molar-refractivity contribution >= 4 is 5.91 Å². The monoisotopic (exact) mass is 244 g/mol. The summed E-state index contributed by atoms with van der Waals surface area (Å²) < 4.78 is 0. The first kappa shape index (κ1) is 12.8. The van der Waals surface area contributed by atoms with Gasteiger partial charge in [0.15, 0.2) is 0 Å². The maximum absolute atomic E-state index is 12.2. The number of rotatable bonds is 3. The van der Waals surface area contributed by atoms with Crippen LogP contribution < -0.4 is 5.73 Å². The molecule has 96 valence electrons. The van der Waals surface area contributed by atoms with Gasteiger partial charge in [-0.05, 0) is 25.3 Å². The normalized spacial score (nSPS) is 17.2. The van der Waals surface area contributed by atoms with Crippen LogP contribution in [0.1, 0.15) is 18.9 Å². The summed E-state index contributed by atoms with van der Waals surface area (Å²) in [6, 6.07) is 9.49. The number of benzene rings is 1. The minimum Gasteiger partial charge on any atom is -0.337 e. The zero-order valence-corrected chi connectivity index (χ0v) is 10.8. The van der Waals surface area contributed by atoms with Crippen LogP contribution in [0.2, 0.25) is 0 Å². The van der Waals surface area contributed by atoms with Gasteiger partial charge in [-0.25, -0.2) is 0 Å². The number of hydrogen-bond donors (Lipinski definition) is 1. The second-order valence-corrected chi connectivity index (χ2v) is 4.88. The van der Waals surface area contributed by atoms with Gasteiger partial charge in [0, 0.05) is 13.1 Å². The van der Waals surface area contributed by atoms with E-state index in [0.29, 0.717) is 13.0 Å². The molecule has 0 radical (unpaired) electrons. The van der Waals surface area contributed by atoms with Crippen molar-refractivity contribution in [1.29, 1.82) is 0 Å². The van der Waals surface area contributed by atoms with Crippen LogP contribution in [0.15, 0.2) is 42.0 Å². The van der Waals surface area contributed by atoms with Gasteiger partial charge in [0.1, 0.15) is 0 Å². The van der Waals surface area contributed by atoms with Crippen LogP contribution in [0.4, 0.5) is 0 Å². The molecule has 2 rings (SSSR count). The Hall–Kier alpha value is -1.61. The van der Waals surface area contributed by atoms with Gasteiger partial charge in [-0.3, -0.25) is 4.79 Å². The van der Waals surface area contributed by atoms with Crippen LogP contribution in [0.25, 0.3) is 0 Å². The van der Waals surface area contributed by atoms with Crippen molar-refractivity contribution in [1.82, 2.24) is 4.90 Å². The molecule has 0 aliphatic carbocycles. The Morgan fingerprint density at radius 2 is 2.11 bits per heavy atom. The average Bonchev–Trinajstić information content (AvgIpc) is 2.40. The first-order valence-corrected chi connectivity index (χ1v) is 6.41. The van der Waals surface area contributed by atoms with Crippen molar-refractivity contribution in [2.24, 2.45) is 5.73 Å². The highest BCUT2D eigenvalue weighted by Gasteiger charge is 2.22. The van der Waals surface area contributed by atoms with Gasteiger partial charge in [-0.1, -0.05) is 42.0 Å². The predicted octanol–water partition coefficient (Wildman–Crippen LogP) is 1.73. The van der Waals surface area contributed by atoms with Crippen molar-refractivity contribution < 1.29 is 4.79 Å². The number of amides is 1. The van der Waals surface area contributed by atoms with Gasteiger partial charge >= 0.3 is 0 Å². The lowest BCUT2D eigenvalue weighted by atomic mass is 10.0. The number of nitrogens with two attached hydrogens (primary N) is 1. The summed E-state index contributed by atoms with van der Waals surface area (Å²) in [6.07, 6.45) is 3.68. The SMILES string of the molecule is CC1=CCN(C(=O)C(N)Cc2ccccc2)CC1. The van der Waals surface area contributed by atoms with Crippen LogP contribution >= 0.6 is 0 Å². The molecule has 1 aromatic rings. The fourth-order valence-electron chi connectivity index (χ4n) is 2.16. The molecule has 0 aromatic heterocycles. The first-order valence-electron chi connectivity index (χ1n) is 6.41. The number of carbonyl (C=O) groups is 1. The third-order valence-corrected chi connectivity index (χ3v) is 3.36. The van der Waals surface area contributed by atoms with E-state index in [2.05, 4.69) is 13.0 Å². The minimum atomic E-state index is -0.431. The van der Waals surface area contributed by atoms with Crippen LogP contribution in [-0.2, 0) is 11.2 Å². The molecule has 2 N–H and O–H groups in total. The molecular formula is C15H20N2O. The fourth-order valence-corrected chi connectivity index (χ4v) is 2.16. The molecule has 1 amide bonds. The topological polar surface area (TPSA) is 46.3 Å². The van der Waals surface area contributed by atoms with Gasteiger partial charge < -0.3 is 10.6 Å². The summed E-state index contributed by atoms with van der Waals surface area (Å²) in [5, 5.41) is 0. The van der Waals surface area contributed by atoms with Crippen molar-refractivity contribution in [3.63, 3.8) is 0 Å². The molecule has 0 bridgehead atoms. The Kier molecular flexibility index (Phi) is 4.15. The smallest absolute Gasteiger partial charge is 0.240 e. The minimum absolute atomic E-state index is 0.0580. The van der Waals surface area contributed by atoms with Crippen LogP contribution in [-0.4, -0.2) is 29.9 Å². The summed E-state index contributed by atoms with van der Waals surface area (Å²) in [6.45, 7) is 3.60. The number of carbonyl (C=O) groups excluding carboxylic acids is 1. The molecule has 0 fully saturated rings. The molecule has 1 aromatic carbocycles. The maximum atomic E-state index is 12.2. The molecule has 0 saturated heterocycles. The second-order valence-electron chi connectivity index (χ2n) is 4.88. The van der Waals surface area contributed by atoms with Crippen LogP contribution in [0, 0.1) is 0 Å². The average molecular weight is 244 g/mol. The first-order chi connectivity index (χ1) is 8.66. The lowest BCUT2D eigenvalue weighted by Crippen LogP contribution is -2.46. The van der Waals surface area contributed by atoms with Crippen molar-refractivity contribution in [2.75, 3.05) is 13.1 Å². The highest BCUT2D eigenvalue weighted by atomic mass is 16.2. The molecule has 1 unspecified atom stereocenters. The molecule has 1 atom stereocenters. The Morgan fingerprint density at radius 3 is 2.72 bits per heavy atom. The van der Waals surface area contributed by atoms with E-state index < -0.39 is 6.04 Å². The standard InChI is InChI=1S/C15H20N2O/c1-12-7-9-17(10-8-12)15(18)14(16)11-13-5-3-2-4-6-13/h2-7,14H,8-11,16H2,1H3. The fraction of sp³-hybridized carbons (Fsp3) is 0.400. The molecule has 3 heteroatoms. The zero-order valence-electron chi connectivity index (χ0n) is 10.8. The van der Waals surface area contributed by atoms with Crippen molar-refractivity contribution in [2.45, 2.75) is 25.8 Å². The summed E-state index contributed by atoms with van der Waals surface area (Å²) in [5.41, 5.74) is 8.47. The van der Waals surface area contributed by atoms with E-state index in [0.717, 1.165) is 18.5 Å². The Balaban J connectivity index is 1.93. The second kappa shape index (κ2) is 5.83. The largest absolute Gasteiger partial charge is 0.337 e. The van der Waals surface area contributed by atoms with Crippen LogP contribution in [0.5, 0.6) is 0 Å². The van der Waals surface area contributed by atoms with Gasteiger partial charge in [-0.2, -0.15) is 0 Å². The van der Waals surface area contributed by atoms with Gasteiger partial charge in [-0.15, -0.1) is 0 Å². The van der Waals surface area contributed by atoms with Crippen molar-refractivity contribution in [3.05, 3.63) is 47.5 Å². The molecule has 1 aliphatic rings. The molecule has 18 heavy (non-hydrogen) atoms. The summed E-state index contributed by atoms with van der Waals surface area (Å²) >= 11 is 0. The molecule has 3 nitrogen and oxygen atoms in total. The third kappa shape index (κ3) is 3.20. The lowest BCUT2D eigenvalue weighted by Gasteiger charge is -2.28. The Morgan fingerprint density at radius 1 is 1.39 bits per heavy atom. The molecule has 1 heterocycles. The number of hydrogen-bond acceptors (Lipinski definition) is 2. The number of nitrogens with zero attached hydrogens (tertiary/aromatic N) is 1. The highest BCUT2D eigenvalue weighted by molar-refractivity contribution is 5.82. The third-order valence-electron chi connectivity index (χ3n) is 3.36. The van der Waals surface area contributed by atoms with E-state index >= 15 is 0 Å². The molecule has 1 aliphatic heterocycles.